The molecule has 3 heterocycles. The van der Waals surface area contributed by atoms with Gasteiger partial charge in [-0.1, -0.05) is 0 Å². The summed E-state index contributed by atoms with van der Waals surface area (Å²) in [4.78, 5) is 20.7. The Morgan fingerprint density at radius 1 is 1.18 bits per heavy atom. The summed E-state index contributed by atoms with van der Waals surface area (Å²) in [7, 11) is -1.33. The number of nitrogens with one attached hydrogen (secondary N) is 1. The SMILES string of the molecule is CN=C(NCC1CCN(S(C)(=O)=O)CC1)N1CCN(C(=O)c2ccco2)CC1. The summed E-state index contributed by atoms with van der Waals surface area (Å²) in [5.41, 5.74) is 0. The van der Waals surface area contributed by atoms with Gasteiger partial charge in [-0.3, -0.25) is 9.79 Å². The van der Waals surface area contributed by atoms with Gasteiger partial charge in [-0.05, 0) is 30.9 Å². The van der Waals surface area contributed by atoms with Crippen molar-refractivity contribution in [3.63, 3.8) is 0 Å². The maximum Gasteiger partial charge on any atom is 0.289 e. The Labute approximate surface area is 166 Å². The molecule has 2 aliphatic rings. The van der Waals surface area contributed by atoms with Gasteiger partial charge in [0.2, 0.25) is 10.0 Å². The van der Waals surface area contributed by atoms with E-state index in [-0.39, 0.29) is 5.91 Å². The quantitative estimate of drug-likeness (QED) is 0.565. The van der Waals surface area contributed by atoms with Gasteiger partial charge in [0, 0.05) is 52.9 Å². The molecule has 1 aromatic rings. The van der Waals surface area contributed by atoms with Gasteiger partial charge < -0.3 is 19.5 Å². The highest BCUT2D eigenvalue weighted by Crippen LogP contribution is 2.18. The topological polar surface area (TPSA) is 98.5 Å². The molecule has 9 nitrogen and oxygen atoms in total. The van der Waals surface area contributed by atoms with Crippen LogP contribution in [0.4, 0.5) is 0 Å². The first-order valence-corrected chi connectivity index (χ1v) is 11.5. The van der Waals surface area contributed by atoms with E-state index in [1.165, 1.54) is 12.5 Å². The molecular formula is C18H29N5O4S. The van der Waals surface area contributed by atoms with Crippen molar-refractivity contribution in [3.05, 3.63) is 24.2 Å². The molecule has 0 atom stereocenters. The zero-order valence-corrected chi connectivity index (χ0v) is 17.3. The number of aliphatic imine (C=N–C) groups is 1. The number of piperidine rings is 1. The van der Waals surface area contributed by atoms with Gasteiger partial charge in [0.05, 0.1) is 12.5 Å². The van der Waals surface area contributed by atoms with Crippen LogP contribution < -0.4 is 5.32 Å². The number of sulfonamides is 1. The van der Waals surface area contributed by atoms with Crippen LogP contribution in [0.1, 0.15) is 23.4 Å². The van der Waals surface area contributed by atoms with Gasteiger partial charge in [0.1, 0.15) is 0 Å². The van der Waals surface area contributed by atoms with Crippen molar-refractivity contribution >= 4 is 21.9 Å². The van der Waals surface area contributed by atoms with Gasteiger partial charge in [-0.2, -0.15) is 0 Å². The van der Waals surface area contributed by atoms with Crippen molar-refractivity contribution in [1.82, 2.24) is 19.4 Å². The third-order valence-corrected chi connectivity index (χ3v) is 6.70. The van der Waals surface area contributed by atoms with Crippen LogP contribution in [0.15, 0.2) is 27.8 Å². The number of guanidine groups is 1. The van der Waals surface area contributed by atoms with Gasteiger partial charge in [0.25, 0.3) is 5.91 Å². The third-order valence-electron chi connectivity index (χ3n) is 5.40. The predicted molar refractivity (Wildman–Crippen MR) is 107 cm³/mol. The standard InChI is InChI=1S/C18H29N5O4S/c1-19-18(20-14-15-5-7-23(8-6-15)28(2,25)26)22-11-9-21(10-12-22)17(24)16-4-3-13-27-16/h3-4,13,15H,5-12,14H2,1-2H3,(H,19,20). The van der Waals surface area contributed by atoms with E-state index in [4.69, 9.17) is 4.42 Å². The Morgan fingerprint density at radius 2 is 1.82 bits per heavy atom. The number of rotatable bonds is 4. The molecule has 0 saturated carbocycles. The highest BCUT2D eigenvalue weighted by atomic mass is 32.2. The molecule has 1 N–H and O–H groups in total. The fraction of sp³-hybridized carbons (Fsp3) is 0.667. The van der Waals surface area contributed by atoms with Crippen molar-refractivity contribution < 1.29 is 17.6 Å². The molecular weight excluding hydrogens is 382 g/mol. The fourth-order valence-electron chi connectivity index (χ4n) is 3.69. The van der Waals surface area contributed by atoms with Crippen molar-refractivity contribution in [2.24, 2.45) is 10.9 Å². The summed E-state index contributed by atoms with van der Waals surface area (Å²) in [6.45, 7) is 4.59. The van der Waals surface area contributed by atoms with E-state index in [1.54, 1.807) is 28.4 Å². The summed E-state index contributed by atoms with van der Waals surface area (Å²) < 4.78 is 30.0. The van der Waals surface area contributed by atoms with E-state index in [0.29, 0.717) is 50.9 Å². The largest absolute Gasteiger partial charge is 0.459 e. The van der Waals surface area contributed by atoms with Crippen molar-refractivity contribution in [3.8, 4) is 0 Å². The van der Waals surface area contributed by atoms with Crippen LogP contribution in [0.5, 0.6) is 0 Å². The number of amides is 1. The lowest BCUT2D eigenvalue weighted by atomic mass is 9.98. The van der Waals surface area contributed by atoms with Crippen molar-refractivity contribution in [1.29, 1.82) is 0 Å². The lowest BCUT2D eigenvalue weighted by Gasteiger charge is -2.37. The first-order valence-electron chi connectivity index (χ1n) is 9.62. The van der Waals surface area contributed by atoms with Crippen molar-refractivity contribution in [2.45, 2.75) is 12.8 Å². The summed E-state index contributed by atoms with van der Waals surface area (Å²) in [6, 6.07) is 3.40. The summed E-state index contributed by atoms with van der Waals surface area (Å²) in [5, 5.41) is 3.42. The van der Waals surface area contributed by atoms with E-state index >= 15 is 0 Å². The zero-order chi connectivity index (χ0) is 20.1. The molecule has 0 spiro atoms. The third kappa shape index (κ3) is 5.05. The van der Waals surface area contributed by atoms with Crippen LogP contribution in [0.25, 0.3) is 0 Å². The molecule has 1 amide bonds. The molecule has 3 rings (SSSR count). The number of hydrogen-bond donors (Lipinski definition) is 1. The molecule has 0 bridgehead atoms. The van der Waals surface area contributed by atoms with E-state index in [1.807, 2.05) is 0 Å². The van der Waals surface area contributed by atoms with Crippen LogP contribution in [0, 0.1) is 5.92 Å². The second-order valence-corrected chi connectivity index (χ2v) is 9.27. The van der Waals surface area contributed by atoms with Crippen molar-refractivity contribution in [2.75, 3.05) is 59.1 Å². The second kappa shape index (κ2) is 8.95. The average molecular weight is 412 g/mol. The second-order valence-electron chi connectivity index (χ2n) is 7.29. The van der Waals surface area contributed by atoms with E-state index in [2.05, 4.69) is 15.2 Å². The van der Waals surface area contributed by atoms with Gasteiger partial charge in [-0.15, -0.1) is 0 Å². The number of hydrogen-bond acceptors (Lipinski definition) is 5. The maximum atomic E-state index is 12.4. The first-order chi connectivity index (χ1) is 13.4. The normalized spacial score (nSPS) is 20.4. The monoisotopic (exact) mass is 411 g/mol. The Morgan fingerprint density at radius 3 is 2.36 bits per heavy atom. The van der Waals surface area contributed by atoms with Crippen LogP contribution in [-0.4, -0.2) is 93.5 Å². The average Bonchev–Trinajstić information content (AvgIpc) is 3.23. The number of carbonyl (C=O) groups excluding carboxylic acids is 1. The Hall–Kier alpha value is -2.07. The fourth-order valence-corrected chi connectivity index (χ4v) is 4.56. The van der Waals surface area contributed by atoms with Crippen LogP contribution in [-0.2, 0) is 10.0 Å². The summed E-state index contributed by atoms with van der Waals surface area (Å²) >= 11 is 0. The van der Waals surface area contributed by atoms with E-state index in [0.717, 1.165) is 25.3 Å². The smallest absolute Gasteiger partial charge is 0.289 e. The Bertz CT molecular complexity index is 777. The minimum absolute atomic E-state index is 0.0785. The van der Waals surface area contributed by atoms with Crippen LogP contribution in [0.3, 0.4) is 0 Å². The zero-order valence-electron chi connectivity index (χ0n) is 16.5. The number of carbonyl (C=O) groups is 1. The maximum absolute atomic E-state index is 12.4. The molecule has 156 valence electrons. The summed E-state index contributed by atoms with van der Waals surface area (Å²) in [6.07, 6.45) is 4.48. The predicted octanol–water partition coefficient (Wildman–Crippen LogP) is 0.284. The minimum Gasteiger partial charge on any atom is -0.459 e. The first kappa shape index (κ1) is 20.7. The van der Waals surface area contributed by atoms with Crippen LogP contribution in [0.2, 0.25) is 0 Å². The van der Waals surface area contributed by atoms with Crippen LogP contribution >= 0.6 is 0 Å². The lowest BCUT2D eigenvalue weighted by molar-refractivity contribution is 0.0657. The minimum atomic E-state index is -3.09. The molecule has 2 fully saturated rings. The molecule has 10 heteroatoms. The number of piperazine rings is 1. The molecule has 2 saturated heterocycles. The molecule has 0 radical (unpaired) electrons. The molecule has 0 aromatic carbocycles. The van der Waals surface area contributed by atoms with E-state index < -0.39 is 10.0 Å². The number of nitrogens with zero attached hydrogens (tertiary/aromatic N) is 4. The highest BCUT2D eigenvalue weighted by Gasteiger charge is 2.27. The highest BCUT2D eigenvalue weighted by molar-refractivity contribution is 7.88. The summed E-state index contributed by atoms with van der Waals surface area (Å²) in [5.74, 6) is 1.55. The lowest BCUT2D eigenvalue weighted by Crippen LogP contribution is -2.54. The van der Waals surface area contributed by atoms with E-state index in [9.17, 15) is 13.2 Å². The molecule has 1 aromatic heterocycles. The molecule has 0 aliphatic carbocycles. The molecule has 2 aliphatic heterocycles. The molecule has 0 unspecified atom stereocenters. The van der Waals surface area contributed by atoms with Gasteiger partial charge >= 0.3 is 0 Å². The molecule has 28 heavy (non-hydrogen) atoms. The Kier molecular flexibility index (Phi) is 6.61. The number of furan rings is 1. The van der Waals surface area contributed by atoms with Gasteiger partial charge in [-0.25, -0.2) is 12.7 Å². The van der Waals surface area contributed by atoms with Gasteiger partial charge in [0.15, 0.2) is 11.7 Å². The Balaban J connectivity index is 1.43.